The molecule has 3 N–H and O–H groups in total. The number of aromatic amines is 1. The molecule has 190 valence electrons. The third kappa shape index (κ3) is 3.20. The molecular weight excluding hydrogens is 474 g/mol. The summed E-state index contributed by atoms with van der Waals surface area (Å²) in [6, 6.07) is 18.7. The fourth-order valence-electron chi connectivity index (χ4n) is 8.51. The van der Waals surface area contributed by atoms with Crippen molar-refractivity contribution < 1.29 is 9.59 Å². The van der Waals surface area contributed by atoms with Crippen molar-refractivity contribution in [3.63, 3.8) is 0 Å². The minimum Gasteiger partial charge on any atom is -0.338 e. The van der Waals surface area contributed by atoms with Crippen LogP contribution in [0.25, 0.3) is 22.4 Å². The molecule has 0 aliphatic heterocycles. The minimum absolute atomic E-state index is 0.156. The molecule has 2 aromatic heterocycles. The van der Waals surface area contributed by atoms with Crippen molar-refractivity contribution in [3.8, 4) is 11.4 Å². The lowest BCUT2D eigenvalue weighted by molar-refractivity contribution is -0.127. The Balaban J connectivity index is 0.984. The highest BCUT2D eigenvalue weighted by Crippen LogP contribution is 2.78. The number of hydrogen-bond donors (Lipinski definition) is 3. The molecule has 4 saturated carbocycles. The number of anilines is 2. The average Bonchev–Trinajstić information content (AvgIpc) is 3.50. The molecule has 0 saturated heterocycles. The maximum Gasteiger partial charge on any atom is 0.256 e. The first-order valence-electron chi connectivity index (χ1n) is 13.6. The number of benzene rings is 2. The van der Waals surface area contributed by atoms with Crippen molar-refractivity contribution in [2.75, 3.05) is 10.6 Å². The van der Waals surface area contributed by atoms with Gasteiger partial charge in [0.05, 0.1) is 16.4 Å². The van der Waals surface area contributed by atoms with E-state index in [0.717, 1.165) is 65.1 Å². The Hall–Kier alpha value is -4.00. The molecule has 4 aliphatic rings. The molecule has 2 aromatic carbocycles. The minimum atomic E-state index is -0.224. The lowest BCUT2D eigenvalue weighted by Crippen LogP contribution is -2.42. The zero-order valence-corrected chi connectivity index (χ0v) is 21.0. The largest absolute Gasteiger partial charge is 0.338 e. The number of carbonyl (C=O) groups is 2. The van der Waals surface area contributed by atoms with Crippen LogP contribution in [0.15, 0.2) is 66.9 Å². The number of pyridine rings is 1. The SMILES string of the molecule is O=C(Nc1ccccn1)c1ccc2nc(-c3ccc(NC(=O)C45C[C@H]6C[C@@H]7C[C@@H](C4)C7(C6)C5)cc3)[nH]c2c1. The molecular formula is C31H29N5O2. The van der Waals surface area contributed by atoms with Crippen LogP contribution in [0.2, 0.25) is 0 Å². The van der Waals surface area contributed by atoms with Gasteiger partial charge in [-0.15, -0.1) is 0 Å². The van der Waals surface area contributed by atoms with E-state index in [1.165, 1.54) is 19.3 Å². The summed E-state index contributed by atoms with van der Waals surface area (Å²) in [5.74, 6) is 3.66. The number of H-pyrrole nitrogens is 1. The van der Waals surface area contributed by atoms with Gasteiger partial charge in [0, 0.05) is 23.0 Å². The normalized spacial score (nSPS) is 30.2. The van der Waals surface area contributed by atoms with Crippen LogP contribution in [0.4, 0.5) is 11.5 Å². The number of carbonyl (C=O) groups excluding carboxylic acids is 2. The molecule has 2 heterocycles. The molecule has 1 spiro atoms. The molecule has 4 fully saturated rings. The Morgan fingerprint density at radius 2 is 1.82 bits per heavy atom. The lowest BCUT2D eigenvalue weighted by Gasteiger charge is -2.49. The van der Waals surface area contributed by atoms with Crippen LogP contribution in [0, 0.1) is 28.6 Å². The molecule has 7 heteroatoms. The molecule has 4 aromatic rings. The van der Waals surface area contributed by atoms with E-state index >= 15 is 0 Å². The van der Waals surface area contributed by atoms with Crippen LogP contribution in [-0.4, -0.2) is 26.8 Å². The van der Waals surface area contributed by atoms with Crippen molar-refractivity contribution in [3.05, 3.63) is 72.4 Å². The Bertz CT molecular complexity index is 1590. The van der Waals surface area contributed by atoms with E-state index < -0.39 is 0 Å². The van der Waals surface area contributed by atoms with Crippen molar-refractivity contribution >= 4 is 34.4 Å². The van der Waals surface area contributed by atoms with Crippen LogP contribution in [0.1, 0.15) is 48.9 Å². The maximum absolute atomic E-state index is 13.5. The van der Waals surface area contributed by atoms with E-state index in [2.05, 4.69) is 20.6 Å². The van der Waals surface area contributed by atoms with Gasteiger partial charge >= 0.3 is 0 Å². The number of fused-ring (bicyclic) bond motifs is 3. The summed E-state index contributed by atoms with van der Waals surface area (Å²) in [7, 11) is 0. The Labute approximate surface area is 220 Å². The molecule has 8 rings (SSSR count). The number of nitrogens with zero attached hydrogens (tertiary/aromatic N) is 2. The van der Waals surface area contributed by atoms with Crippen molar-refractivity contribution in [1.82, 2.24) is 15.0 Å². The number of imidazole rings is 1. The highest BCUT2D eigenvalue weighted by atomic mass is 16.2. The van der Waals surface area contributed by atoms with E-state index in [1.54, 1.807) is 30.5 Å². The fourth-order valence-corrected chi connectivity index (χ4v) is 8.51. The Morgan fingerprint density at radius 3 is 2.66 bits per heavy atom. The predicted octanol–water partition coefficient (Wildman–Crippen LogP) is 6.03. The van der Waals surface area contributed by atoms with Gasteiger partial charge in [-0.3, -0.25) is 9.59 Å². The summed E-state index contributed by atoms with van der Waals surface area (Å²) in [5, 5.41) is 6.07. The Kier molecular flexibility index (Phi) is 4.50. The van der Waals surface area contributed by atoms with Crippen molar-refractivity contribution in [2.45, 2.75) is 38.5 Å². The van der Waals surface area contributed by atoms with Gasteiger partial charge in [0.2, 0.25) is 5.91 Å². The molecule has 5 atom stereocenters. The average molecular weight is 504 g/mol. The van der Waals surface area contributed by atoms with Crippen molar-refractivity contribution in [1.29, 1.82) is 0 Å². The van der Waals surface area contributed by atoms with Gasteiger partial charge in [0.25, 0.3) is 5.91 Å². The third-order valence-electron chi connectivity index (χ3n) is 10.0. The van der Waals surface area contributed by atoms with E-state index in [9.17, 15) is 9.59 Å². The molecule has 7 nitrogen and oxygen atoms in total. The van der Waals surface area contributed by atoms with Crippen LogP contribution < -0.4 is 10.6 Å². The van der Waals surface area contributed by atoms with Gasteiger partial charge in [0.15, 0.2) is 0 Å². The van der Waals surface area contributed by atoms with E-state index in [1.807, 2.05) is 36.4 Å². The van der Waals surface area contributed by atoms with Crippen LogP contribution in [0.3, 0.4) is 0 Å². The van der Waals surface area contributed by atoms with Crippen LogP contribution >= 0.6 is 0 Å². The predicted molar refractivity (Wildman–Crippen MR) is 145 cm³/mol. The molecule has 38 heavy (non-hydrogen) atoms. The van der Waals surface area contributed by atoms with Gasteiger partial charge in [-0.25, -0.2) is 9.97 Å². The summed E-state index contributed by atoms with van der Waals surface area (Å²) < 4.78 is 0. The zero-order chi connectivity index (χ0) is 25.5. The number of rotatable bonds is 5. The summed E-state index contributed by atoms with van der Waals surface area (Å²) in [4.78, 5) is 38.4. The van der Waals surface area contributed by atoms with Gasteiger partial charge in [-0.1, -0.05) is 6.07 Å². The number of nitrogens with one attached hydrogen (secondary N) is 3. The molecule has 0 radical (unpaired) electrons. The number of hydrogen-bond acceptors (Lipinski definition) is 4. The highest BCUT2D eigenvalue weighted by molar-refractivity contribution is 6.05. The highest BCUT2D eigenvalue weighted by Gasteiger charge is 2.72. The Morgan fingerprint density at radius 1 is 0.921 bits per heavy atom. The fraction of sp³-hybridized carbons (Fsp3) is 0.355. The standard InChI is InChI=1S/C31H29N5O2/c37-28(36-26-3-1-2-10-32-26)20-6-9-24-25(12-20)35-27(34-24)19-4-7-23(8-5-19)33-29(38)30-14-18-11-21-13-22(16-30)31(21,15-18)17-30/h1-10,12,18,21-22H,11,13-17H2,(H,33,38)(H,34,35)(H,32,36,37)/t18-,21-,22+,30?,31?/m1/s1. The zero-order valence-electron chi connectivity index (χ0n) is 21.0. The van der Waals surface area contributed by atoms with Gasteiger partial charge < -0.3 is 15.6 Å². The maximum atomic E-state index is 13.5. The quantitative estimate of drug-likeness (QED) is 0.309. The van der Waals surface area contributed by atoms with Crippen LogP contribution in [-0.2, 0) is 4.79 Å². The second-order valence-corrected chi connectivity index (χ2v) is 12.1. The lowest BCUT2D eigenvalue weighted by atomic mass is 9.55. The van der Waals surface area contributed by atoms with Gasteiger partial charge in [-0.2, -0.15) is 0 Å². The van der Waals surface area contributed by atoms with Crippen LogP contribution in [0.5, 0.6) is 0 Å². The topological polar surface area (TPSA) is 99.8 Å². The monoisotopic (exact) mass is 503 g/mol. The first-order chi connectivity index (χ1) is 18.5. The second-order valence-electron chi connectivity index (χ2n) is 12.1. The smallest absolute Gasteiger partial charge is 0.256 e. The van der Waals surface area contributed by atoms with Crippen molar-refractivity contribution in [2.24, 2.45) is 28.6 Å². The number of aromatic nitrogens is 3. The van der Waals surface area contributed by atoms with Gasteiger partial charge in [0.1, 0.15) is 11.6 Å². The first kappa shape index (κ1) is 22.0. The molecule has 3 bridgehead atoms. The van der Waals surface area contributed by atoms with E-state index in [4.69, 9.17) is 4.98 Å². The molecule has 2 unspecified atom stereocenters. The summed E-state index contributed by atoms with van der Waals surface area (Å²) >= 11 is 0. The summed E-state index contributed by atoms with van der Waals surface area (Å²) in [6.07, 6.45) is 9.00. The second kappa shape index (κ2) is 7.76. The molecule has 2 amide bonds. The van der Waals surface area contributed by atoms with E-state index in [-0.39, 0.29) is 17.2 Å². The van der Waals surface area contributed by atoms with E-state index in [0.29, 0.717) is 16.8 Å². The molecule has 4 aliphatic carbocycles. The van der Waals surface area contributed by atoms with Gasteiger partial charge in [-0.05, 0) is 116 Å². The summed E-state index contributed by atoms with van der Waals surface area (Å²) in [5.41, 5.74) is 4.20. The first-order valence-corrected chi connectivity index (χ1v) is 13.6. The number of amides is 2. The summed E-state index contributed by atoms with van der Waals surface area (Å²) in [6.45, 7) is 0. The third-order valence-corrected chi connectivity index (χ3v) is 10.0.